The van der Waals surface area contributed by atoms with Gasteiger partial charge in [0.2, 0.25) is 5.78 Å². The molecule has 10 heteroatoms. The van der Waals surface area contributed by atoms with E-state index in [9.17, 15) is 9.90 Å². The quantitative estimate of drug-likeness (QED) is 0.219. The Kier molecular flexibility index (Phi) is 7.14. The van der Waals surface area contributed by atoms with Crippen molar-refractivity contribution in [3.63, 3.8) is 0 Å². The van der Waals surface area contributed by atoms with Crippen LogP contribution in [0.25, 0.3) is 10.9 Å². The Morgan fingerprint density at radius 1 is 0.944 bits per heavy atom. The van der Waals surface area contributed by atoms with Crippen LogP contribution in [0, 0.1) is 0 Å². The standard InChI is InChI=1S/C26H32N4O6/c1-5-7-9-35-25-13(27)11-15(33-3)19-17(25)23(31)21(29-19)22-24(32)18-20(30-22)16(34-4)12-14(28)26(18)36-10-8-6-2/h11-12,29,31H,5-10,27-28H2,1-4H3. The maximum atomic E-state index is 13.7. The molecule has 192 valence electrons. The first kappa shape index (κ1) is 25.0. The molecule has 0 spiro atoms. The van der Waals surface area contributed by atoms with Crippen LogP contribution in [0.1, 0.15) is 55.6 Å². The number of benzene rings is 2. The molecule has 0 saturated carbocycles. The number of aromatic nitrogens is 1. The number of carbonyl (C=O) groups excluding carboxylic acids is 1. The number of hydrogen-bond acceptors (Lipinski definition) is 9. The van der Waals surface area contributed by atoms with Crippen LogP contribution < -0.4 is 30.4 Å². The molecule has 3 aromatic rings. The third-order valence-electron chi connectivity index (χ3n) is 6.07. The van der Waals surface area contributed by atoms with E-state index in [1.165, 1.54) is 14.2 Å². The molecule has 1 aromatic heterocycles. The van der Waals surface area contributed by atoms with Crippen LogP contribution in [0.15, 0.2) is 17.1 Å². The smallest absolute Gasteiger partial charge is 0.219 e. The number of nitrogen functional groups attached to an aromatic ring is 2. The molecule has 0 aliphatic carbocycles. The second-order valence-electron chi connectivity index (χ2n) is 8.51. The van der Waals surface area contributed by atoms with Crippen molar-refractivity contribution >= 4 is 39.5 Å². The zero-order valence-electron chi connectivity index (χ0n) is 21.0. The van der Waals surface area contributed by atoms with Gasteiger partial charge in [0.1, 0.15) is 28.6 Å². The van der Waals surface area contributed by atoms with Gasteiger partial charge in [-0.2, -0.15) is 0 Å². The van der Waals surface area contributed by atoms with Crippen LogP contribution >= 0.6 is 0 Å². The predicted molar refractivity (Wildman–Crippen MR) is 140 cm³/mol. The zero-order chi connectivity index (χ0) is 26.0. The number of ketones is 1. The summed E-state index contributed by atoms with van der Waals surface area (Å²) in [4.78, 5) is 21.3. The molecule has 6 N–H and O–H groups in total. The summed E-state index contributed by atoms with van der Waals surface area (Å²) in [6, 6.07) is 3.19. The van der Waals surface area contributed by atoms with Crippen LogP contribution in [0.4, 0.5) is 17.1 Å². The Hall–Kier alpha value is -4.08. The van der Waals surface area contributed by atoms with E-state index in [2.05, 4.69) is 9.98 Å². The van der Waals surface area contributed by atoms with Gasteiger partial charge in [0.05, 0.1) is 55.3 Å². The molecule has 36 heavy (non-hydrogen) atoms. The SMILES string of the molecule is CCCCOc1c(N)cc(OC)c2c1C(=O)C(c1[nH]c3c(OC)cc(N)c(OCCCC)c3c1O)=N2. The Labute approximate surface area is 209 Å². The van der Waals surface area contributed by atoms with Gasteiger partial charge < -0.3 is 40.5 Å². The highest BCUT2D eigenvalue weighted by Crippen LogP contribution is 2.49. The van der Waals surface area contributed by atoms with Crippen LogP contribution in [-0.2, 0) is 0 Å². The summed E-state index contributed by atoms with van der Waals surface area (Å²) in [7, 11) is 2.96. The third kappa shape index (κ3) is 4.12. The second-order valence-corrected chi connectivity index (χ2v) is 8.51. The van der Waals surface area contributed by atoms with Gasteiger partial charge in [0.15, 0.2) is 17.2 Å². The largest absolute Gasteiger partial charge is 0.505 e. The van der Waals surface area contributed by atoms with E-state index in [0.29, 0.717) is 52.7 Å². The molecular formula is C26H32N4O6. The van der Waals surface area contributed by atoms with Gasteiger partial charge >= 0.3 is 0 Å². The first-order chi connectivity index (χ1) is 17.4. The highest BCUT2D eigenvalue weighted by atomic mass is 16.5. The number of H-pyrrole nitrogens is 1. The molecule has 1 aliphatic heterocycles. The molecule has 4 rings (SSSR count). The minimum Gasteiger partial charge on any atom is -0.505 e. The first-order valence-corrected chi connectivity index (χ1v) is 12.0. The molecule has 0 amide bonds. The van der Waals surface area contributed by atoms with Gasteiger partial charge in [-0.15, -0.1) is 0 Å². The van der Waals surface area contributed by atoms with Gasteiger partial charge in [-0.1, -0.05) is 26.7 Å². The van der Waals surface area contributed by atoms with Gasteiger partial charge in [0.25, 0.3) is 0 Å². The van der Waals surface area contributed by atoms with E-state index < -0.39 is 5.78 Å². The van der Waals surface area contributed by atoms with Gasteiger partial charge in [0, 0.05) is 12.1 Å². The van der Waals surface area contributed by atoms with Crippen molar-refractivity contribution in [1.29, 1.82) is 0 Å². The Balaban J connectivity index is 1.87. The second kappa shape index (κ2) is 10.3. The number of methoxy groups -OCH3 is 2. The zero-order valence-corrected chi connectivity index (χ0v) is 21.0. The summed E-state index contributed by atoms with van der Waals surface area (Å²) in [5.74, 6) is 0.611. The average Bonchev–Trinajstić information content (AvgIpc) is 3.38. The number of anilines is 2. The molecule has 0 radical (unpaired) electrons. The van der Waals surface area contributed by atoms with E-state index in [1.807, 2.05) is 13.8 Å². The Morgan fingerprint density at radius 3 is 2.14 bits per heavy atom. The lowest BCUT2D eigenvalue weighted by molar-refractivity contribution is 0.106. The number of fused-ring (bicyclic) bond motifs is 2. The van der Waals surface area contributed by atoms with Crippen molar-refractivity contribution in [2.24, 2.45) is 4.99 Å². The molecule has 2 heterocycles. The minimum absolute atomic E-state index is 0.0110. The summed E-state index contributed by atoms with van der Waals surface area (Å²) in [6.45, 7) is 4.90. The van der Waals surface area contributed by atoms with Gasteiger partial charge in [-0.25, -0.2) is 4.99 Å². The van der Waals surface area contributed by atoms with Crippen molar-refractivity contribution in [2.75, 3.05) is 38.9 Å². The van der Waals surface area contributed by atoms with Crippen molar-refractivity contribution < 1.29 is 28.8 Å². The lowest BCUT2D eigenvalue weighted by atomic mass is 10.0. The number of aromatic amines is 1. The maximum Gasteiger partial charge on any atom is 0.219 e. The lowest BCUT2D eigenvalue weighted by Crippen LogP contribution is -2.14. The van der Waals surface area contributed by atoms with Crippen LogP contribution in [0.2, 0.25) is 0 Å². The summed E-state index contributed by atoms with van der Waals surface area (Å²) in [5, 5.41) is 11.6. The monoisotopic (exact) mass is 496 g/mol. The topological polar surface area (TPSA) is 154 Å². The van der Waals surface area contributed by atoms with Crippen LogP contribution in [0.5, 0.6) is 28.7 Å². The van der Waals surface area contributed by atoms with E-state index in [-0.39, 0.29) is 34.2 Å². The van der Waals surface area contributed by atoms with Crippen molar-refractivity contribution in [3.8, 4) is 28.7 Å². The molecule has 10 nitrogen and oxygen atoms in total. The fourth-order valence-electron chi connectivity index (χ4n) is 4.18. The normalized spacial score (nSPS) is 12.6. The fourth-order valence-corrected chi connectivity index (χ4v) is 4.18. The number of Topliss-reactive ketones (excluding diaryl/α,β-unsaturated/α-hetero) is 1. The number of ether oxygens (including phenoxy) is 4. The average molecular weight is 497 g/mol. The molecule has 0 saturated heterocycles. The molecule has 0 atom stereocenters. The highest BCUT2D eigenvalue weighted by Gasteiger charge is 2.37. The summed E-state index contributed by atoms with van der Waals surface area (Å²) in [6.07, 6.45) is 3.46. The van der Waals surface area contributed by atoms with E-state index in [1.54, 1.807) is 12.1 Å². The van der Waals surface area contributed by atoms with E-state index >= 15 is 0 Å². The van der Waals surface area contributed by atoms with Crippen LogP contribution in [0.3, 0.4) is 0 Å². The number of nitrogens with zero attached hydrogens (tertiary/aromatic N) is 1. The maximum absolute atomic E-state index is 13.7. The number of aliphatic imine (C=N–C) groups is 1. The summed E-state index contributed by atoms with van der Waals surface area (Å²) in [5.41, 5.74) is 14.0. The number of nitrogens with one attached hydrogen (secondary N) is 1. The number of hydrogen-bond donors (Lipinski definition) is 4. The van der Waals surface area contributed by atoms with Gasteiger partial charge in [-0.05, 0) is 12.8 Å². The van der Waals surface area contributed by atoms with E-state index in [0.717, 1.165) is 25.7 Å². The van der Waals surface area contributed by atoms with Gasteiger partial charge in [-0.3, -0.25) is 4.79 Å². The number of rotatable bonds is 11. The Bertz CT molecular complexity index is 1340. The minimum atomic E-state index is -0.454. The predicted octanol–water partition coefficient (Wildman–Crippen LogP) is 4.73. The van der Waals surface area contributed by atoms with Crippen molar-refractivity contribution in [3.05, 3.63) is 23.4 Å². The van der Waals surface area contributed by atoms with Crippen LogP contribution in [-0.4, -0.2) is 49.0 Å². The first-order valence-electron chi connectivity index (χ1n) is 12.0. The number of carbonyl (C=O) groups is 1. The molecule has 0 bridgehead atoms. The van der Waals surface area contributed by atoms with E-state index in [4.69, 9.17) is 30.4 Å². The highest BCUT2D eigenvalue weighted by molar-refractivity contribution is 6.56. The molecule has 2 aromatic carbocycles. The van der Waals surface area contributed by atoms with Crippen molar-refractivity contribution in [1.82, 2.24) is 4.98 Å². The third-order valence-corrected chi connectivity index (χ3v) is 6.07. The van der Waals surface area contributed by atoms with Crippen molar-refractivity contribution in [2.45, 2.75) is 39.5 Å². The Morgan fingerprint density at radius 2 is 1.53 bits per heavy atom. The molecular weight excluding hydrogens is 464 g/mol. The number of nitrogens with two attached hydrogens (primary N) is 2. The molecule has 0 unspecified atom stereocenters. The molecule has 1 aliphatic rings. The fraction of sp³-hybridized carbons (Fsp3) is 0.385. The number of aromatic hydroxyl groups is 1. The number of unbranched alkanes of at least 4 members (excludes halogenated alkanes) is 2. The summed E-state index contributed by atoms with van der Waals surface area (Å²) >= 11 is 0. The molecule has 0 fully saturated rings. The lowest BCUT2D eigenvalue weighted by Gasteiger charge is -2.14. The summed E-state index contributed by atoms with van der Waals surface area (Å²) < 4.78 is 22.7.